The summed E-state index contributed by atoms with van der Waals surface area (Å²) < 4.78 is 12.5. The summed E-state index contributed by atoms with van der Waals surface area (Å²) in [4.78, 5) is 16.9. The average molecular weight is 462 g/mol. The number of amides is 1. The Morgan fingerprint density at radius 3 is 2.48 bits per heavy atom. The predicted octanol–water partition coefficient (Wildman–Crippen LogP) is 4.09. The lowest BCUT2D eigenvalue weighted by Gasteiger charge is -2.12. The molecule has 0 aliphatic rings. The number of para-hydroxylation sites is 1. The number of hydrogen-bond acceptors (Lipinski definition) is 7. The quantitative estimate of drug-likeness (QED) is 0.281. The Morgan fingerprint density at radius 1 is 0.970 bits per heavy atom. The van der Waals surface area contributed by atoms with Gasteiger partial charge in [-0.2, -0.15) is 0 Å². The first-order valence-corrected chi connectivity index (χ1v) is 11.3. The maximum absolute atomic E-state index is 12.7. The monoisotopic (exact) mass is 461 g/mol. The van der Waals surface area contributed by atoms with Crippen LogP contribution in [0.5, 0.6) is 5.88 Å². The zero-order valence-corrected chi connectivity index (χ0v) is 18.9. The van der Waals surface area contributed by atoms with Crippen molar-refractivity contribution < 1.29 is 14.3 Å². The summed E-state index contributed by atoms with van der Waals surface area (Å²) in [5.74, 6) is 1.01. The SMILES string of the molecule is COCCOc1ncccc1NC(=O)CSc1nnc(-c2ccccc2)n1-c1ccccc1. The van der Waals surface area contributed by atoms with Gasteiger partial charge in [-0.05, 0) is 24.3 Å². The van der Waals surface area contributed by atoms with Crippen LogP contribution in [0.1, 0.15) is 0 Å². The molecule has 0 fully saturated rings. The van der Waals surface area contributed by atoms with Crippen molar-refractivity contribution in [3.63, 3.8) is 0 Å². The molecule has 0 bridgehead atoms. The number of anilines is 1. The van der Waals surface area contributed by atoms with Crippen molar-refractivity contribution in [3.05, 3.63) is 79.0 Å². The third-order valence-electron chi connectivity index (χ3n) is 4.58. The molecule has 0 saturated heterocycles. The van der Waals surface area contributed by atoms with Crippen LogP contribution in [0.2, 0.25) is 0 Å². The van der Waals surface area contributed by atoms with Gasteiger partial charge in [0.05, 0.1) is 12.4 Å². The van der Waals surface area contributed by atoms with E-state index >= 15 is 0 Å². The van der Waals surface area contributed by atoms with Crippen LogP contribution in [-0.4, -0.2) is 51.7 Å². The molecule has 0 radical (unpaired) electrons. The molecule has 168 valence electrons. The van der Waals surface area contributed by atoms with Gasteiger partial charge in [-0.15, -0.1) is 10.2 Å². The molecule has 0 unspecified atom stereocenters. The van der Waals surface area contributed by atoms with E-state index in [2.05, 4.69) is 20.5 Å². The van der Waals surface area contributed by atoms with Gasteiger partial charge in [-0.1, -0.05) is 60.3 Å². The number of hydrogen-bond donors (Lipinski definition) is 1. The van der Waals surface area contributed by atoms with Crippen molar-refractivity contribution in [3.8, 4) is 23.0 Å². The number of thioether (sulfide) groups is 1. The fourth-order valence-electron chi connectivity index (χ4n) is 3.09. The molecule has 0 aliphatic carbocycles. The Kier molecular flexibility index (Phi) is 7.68. The number of ether oxygens (including phenoxy) is 2. The van der Waals surface area contributed by atoms with Gasteiger partial charge in [-0.25, -0.2) is 4.98 Å². The van der Waals surface area contributed by atoms with Crippen LogP contribution in [0.15, 0.2) is 84.1 Å². The standard InChI is InChI=1S/C24H23N5O3S/c1-31-15-16-32-23-20(13-8-14-25-23)26-21(30)17-33-24-28-27-22(18-9-4-2-5-10-18)29(24)19-11-6-3-7-12-19/h2-14H,15-17H2,1H3,(H,26,30). The lowest BCUT2D eigenvalue weighted by molar-refractivity contribution is -0.113. The number of nitrogens with one attached hydrogen (secondary N) is 1. The van der Waals surface area contributed by atoms with E-state index in [9.17, 15) is 4.79 Å². The third kappa shape index (κ3) is 5.76. The zero-order valence-electron chi connectivity index (χ0n) is 18.0. The van der Waals surface area contributed by atoms with Crippen molar-refractivity contribution >= 4 is 23.4 Å². The van der Waals surface area contributed by atoms with Gasteiger partial charge in [0.15, 0.2) is 11.0 Å². The van der Waals surface area contributed by atoms with Gasteiger partial charge < -0.3 is 14.8 Å². The second kappa shape index (κ2) is 11.3. The summed E-state index contributed by atoms with van der Waals surface area (Å²) >= 11 is 1.31. The van der Waals surface area contributed by atoms with Crippen LogP contribution in [0, 0.1) is 0 Å². The van der Waals surface area contributed by atoms with Crippen molar-refractivity contribution in [1.82, 2.24) is 19.7 Å². The summed E-state index contributed by atoms with van der Waals surface area (Å²) in [6, 6.07) is 23.2. The van der Waals surface area contributed by atoms with E-state index in [-0.39, 0.29) is 11.7 Å². The van der Waals surface area contributed by atoms with E-state index in [1.165, 1.54) is 11.8 Å². The highest BCUT2D eigenvalue weighted by Gasteiger charge is 2.17. The van der Waals surface area contributed by atoms with Crippen LogP contribution < -0.4 is 10.1 Å². The summed E-state index contributed by atoms with van der Waals surface area (Å²) in [5, 5.41) is 12.2. The largest absolute Gasteiger partial charge is 0.474 e. The number of benzene rings is 2. The second-order valence-corrected chi connectivity index (χ2v) is 7.82. The first-order valence-electron chi connectivity index (χ1n) is 10.3. The number of carbonyl (C=O) groups is 1. The molecule has 0 aliphatic heterocycles. The van der Waals surface area contributed by atoms with Crippen molar-refractivity contribution in [2.75, 3.05) is 31.4 Å². The second-order valence-electron chi connectivity index (χ2n) is 6.88. The number of nitrogens with zero attached hydrogens (tertiary/aromatic N) is 4. The normalized spacial score (nSPS) is 10.7. The molecular formula is C24H23N5O3S. The molecule has 0 spiro atoms. The Bertz CT molecular complexity index is 1190. The number of carbonyl (C=O) groups excluding carboxylic acids is 1. The Balaban J connectivity index is 1.50. The minimum absolute atomic E-state index is 0.145. The van der Waals surface area contributed by atoms with E-state index in [0.717, 1.165) is 11.3 Å². The van der Waals surface area contributed by atoms with Crippen LogP contribution >= 0.6 is 11.8 Å². The van der Waals surface area contributed by atoms with Crippen LogP contribution in [0.25, 0.3) is 17.1 Å². The van der Waals surface area contributed by atoms with Crippen molar-refractivity contribution in [2.45, 2.75) is 5.16 Å². The van der Waals surface area contributed by atoms with Gasteiger partial charge in [0, 0.05) is 24.6 Å². The molecule has 33 heavy (non-hydrogen) atoms. The summed E-state index contributed by atoms with van der Waals surface area (Å²) in [7, 11) is 1.60. The van der Waals surface area contributed by atoms with Crippen LogP contribution in [0.4, 0.5) is 5.69 Å². The first kappa shape index (κ1) is 22.5. The van der Waals surface area contributed by atoms with E-state index in [1.807, 2.05) is 65.2 Å². The van der Waals surface area contributed by atoms with Gasteiger partial charge in [0.1, 0.15) is 12.3 Å². The minimum Gasteiger partial charge on any atom is -0.474 e. The van der Waals surface area contributed by atoms with E-state index in [1.54, 1.807) is 25.4 Å². The van der Waals surface area contributed by atoms with Crippen LogP contribution in [0.3, 0.4) is 0 Å². The number of pyridine rings is 1. The topological polar surface area (TPSA) is 91.2 Å². The van der Waals surface area contributed by atoms with E-state index < -0.39 is 0 Å². The molecule has 4 rings (SSSR count). The summed E-state index contributed by atoms with van der Waals surface area (Å²) in [6.45, 7) is 0.770. The molecule has 0 atom stereocenters. The number of rotatable bonds is 10. The van der Waals surface area contributed by atoms with Crippen molar-refractivity contribution in [1.29, 1.82) is 0 Å². The first-order chi connectivity index (χ1) is 16.3. The zero-order chi connectivity index (χ0) is 22.9. The number of aromatic nitrogens is 4. The predicted molar refractivity (Wildman–Crippen MR) is 128 cm³/mol. The molecule has 8 nitrogen and oxygen atoms in total. The molecule has 4 aromatic rings. The molecule has 0 saturated carbocycles. The Morgan fingerprint density at radius 2 is 1.73 bits per heavy atom. The van der Waals surface area contributed by atoms with Gasteiger partial charge in [-0.3, -0.25) is 9.36 Å². The Hall–Kier alpha value is -3.69. The van der Waals surface area contributed by atoms with Crippen LogP contribution in [-0.2, 0) is 9.53 Å². The fourth-order valence-corrected chi connectivity index (χ4v) is 3.84. The minimum atomic E-state index is -0.200. The summed E-state index contributed by atoms with van der Waals surface area (Å²) in [6.07, 6.45) is 1.61. The molecule has 2 aromatic heterocycles. The molecule has 1 N–H and O–H groups in total. The van der Waals surface area contributed by atoms with E-state index in [4.69, 9.17) is 9.47 Å². The van der Waals surface area contributed by atoms with Gasteiger partial charge in [0.2, 0.25) is 11.8 Å². The lowest BCUT2D eigenvalue weighted by atomic mass is 10.2. The lowest BCUT2D eigenvalue weighted by Crippen LogP contribution is -2.16. The third-order valence-corrected chi connectivity index (χ3v) is 5.51. The molecule has 9 heteroatoms. The summed E-state index contributed by atoms with van der Waals surface area (Å²) in [5.41, 5.74) is 2.37. The maximum Gasteiger partial charge on any atom is 0.237 e. The highest BCUT2D eigenvalue weighted by atomic mass is 32.2. The number of methoxy groups -OCH3 is 1. The van der Waals surface area contributed by atoms with Gasteiger partial charge in [0.25, 0.3) is 0 Å². The fraction of sp³-hybridized carbons (Fsp3) is 0.167. The van der Waals surface area contributed by atoms with Crippen molar-refractivity contribution in [2.24, 2.45) is 0 Å². The molecule has 2 aromatic carbocycles. The highest BCUT2D eigenvalue weighted by molar-refractivity contribution is 7.99. The highest BCUT2D eigenvalue weighted by Crippen LogP contribution is 2.28. The Labute approximate surface area is 196 Å². The van der Waals surface area contributed by atoms with E-state index in [0.29, 0.717) is 35.8 Å². The van der Waals surface area contributed by atoms with Gasteiger partial charge >= 0.3 is 0 Å². The molecular weight excluding hydrogens is 438 g/mol. The smallest absolute Gasteiger partial charge is 0.237 e. The molecule has 2 heterocycles. The maximum atomic E-state index is 12.7. The average Bonchev–Trinajstić information content (AvgIpc) is 3.29. The molecule has 1 amide bonds.